The summed E-state index contributed by atoms with van der Waals surface area (Å²) in [4.78, 5) is 17.4. The van der Waals surface area contributed by atoms with E-state index in [1.165, 1.54) is 11.3 Å². The molecular formula is C19H27N3O3S. The Balaban J connectivity index is 2.15. The molecule has 0 aliphatic carbocycles. The maximum absolute atomic E-state index is 12.4. The zero-order chi connectivity index (χ0) is 19.1. The highest BCUT2D eigenvalue weighted by Crippen LogP contribution is 2.23. The normalized spacial score (nSPS) is 12.7. The summed E-state index contributed by atoms with van der Waals surface area (Å²) in [6.45, 7) is 7.72. The van der Waals surface area contributed by atoms with Crippen LogP contribution in [-0.2, 0) is 6.42 Å². The third-order valence-electron chi connectivity index (χ3n) is 4.21. The van der Waals surface area contributed by atoms with Gasteiger partial charge in [-0.3, -0.25) is 4.79 Å². The second kappa shape index (κ2) is 9.64. The number of nitrogens with one attached hydrogen (secondary N) is 1. The predicted molar refractivity (Wildman–Crippen MR) is 104 cm³/mol. The Bertz CT molecular complexity index is 760. The van der Waals surface area contributed by atoms with Crippen LogP contribution in [0, 0.1) is 13.8 Å². The summed E-state index contributed by atoms with van der Waals surface area (Å²) >= 11 is 1.34. The van der Waals surface area contributed by atoms with E-state index in [0.717, 1.165) is 41.3 Å². The lowest BCUT2D eigenvalue weighted by molar-refractivity contribution is 0.0918. The van der Waals surface area contributed by atoms with Gasteiger partial charge in [0.05, 0.1) is 24.0 Å². The fourth-order valence-electron chi connectivity index (χ4n) is 2.54. The number of nitrogens with zero attached hydrogens (tertiary/aromatic N) is 2. The molecule has 0 fully saturated rings. The summed E-state index contributed by atoms with van der Waals surface area (Å²) < 4.78 is 5.31. The Morgan fingerprint density at radius 1 is 1.35 bits per heavy atom. The summed E-state index contributed by atoms with van der Waals surface area (Å²) in [5.74, 6) is 0.595. The largest absolute Gasteiger partial charge is 0.394 e. The minimum atomic E-state index is -0.233. The van der Waals surface area contributed by atoms with Crippen LogP contribution in [0.3, 0.4) is 0 Å². The number of thiazole rings is 1. The first-order valence-corrected chi connectivity index (χ1v) is 9.84. The highest BCUT2D eigenvalue weighted by molar-refractivity contribution is 7.14. The number of aryl methyl sites for hydroxylation is 3. The van der Waals surface area contributed by atoms with E-state index in [1.54, 1.807) is 0 Å². The number of carbonyl (C=O) groups is 1. The minimum Gasteiger partial charge on any atom is -0.394 e. The van der Waals surface area contributed by atoms with Crippen molar-refractivity contribution < 1.29 is 14.4 Å². The van der Waals surface area contributed by atoms with Crippen molar-refractivity contribution in [3.8, 4) is 0 Å². The second-order valence-corrected chi connectivity index (χ2v) is 7.29. The van der Waals surface area contributed by atoms with Crippen LogP contribution < -0.4 is 5.32 Å². The van der Waals surface area contributed by atoms with Gasteiger partial charge in [-0.1, -0.05) is 25.4 Å². The van der Waals surface area contributed by atoms with E-state index in [-0.39, 0.29) is 18.6 Å². The first-order valence-electron chi connectivity index (χ1n) is 9.02. The topological polar surface area (TPSA) is 88.2 Å². The van der Waals surface area contributed by atoms with Gasteiger partial charge in [-0.25, -0.2) is 4.98 Å². The van der Waals surface area contributed by atoms with Crippen LogP contribution in [0.15, 0.2) is 4.52 Å². The molecule has 0 spiro atoms. The third kappa shape index (κ3) is 5.02. The number of aliphatic hydroxyl groups excluding tert-OH is 1. The quantitative estimate of drug-likeness (QED) is 0.694. The first-order chi connectivity index (χ1) is 12.5. The third-order valence-corrected chi connectivity index (χ3v) is 5.33. The van der Waals surface area contributed by atoms with E-state index >= 15 is 0 Å². The van der Waals surface area contributed by atoms with Crippen molar-refractivity contribution in [1.29, 1.82) is 0 Å². The van der Waals surface area contributed by atoms with E-state index in [2.05, 4.69) is 22.4 Å². The van der Waals surface area contributed by atoms with E-state index in [0.29, 0.717) is 17.0 Å². The second-order valence-electron chi connectivity index (χ2n) is 6.26. The van der Waals surface area contributed by atoms with Crippen molar-refractivity contribution in [2.24, 2.45) is 0 Å². The van der Waals surface area contributed by atoms with Gasteiger partial charge in [0.1, 0.15) is 15.6 Å². The summed E-state index contributed by atoms with van der Waals surface area (Å²) in [5.41, 5.74) is 2.64. The Hall–Kier alpha value is -1.99. The molecule has 1 amide bonds. The Kier molecular flexibility index (Phi) is 7.53. The van der Waals surface area contributed by atoms with Crippen molar-refractivity contribution in [2.45, 2.75) is 59.4 Å². The number of rotatable bonds is 9. The van der Waals surface area contributed by atoms with Crippen molar-refractivity contribution in [2.75, 3.05) is 6.61 Å². The van der Waals surface area contributed by atoms with Gasteiger partial charge in [0.15, 0.2) is 0 Å². The average Bonchev–Trinajstić information content (AvgIpc) is 3.18. The Labute approximate surface area is 158 Å². The van der Waals surface area contributed by atoms with Crippen LogP contribution >= 0.6 is 11.3 Å². The van der Waals surface area contributed by atoms with Gasteiger partial charge in [0.25, 0.3) is 5.91 Å². The van der Waals surface area contributed by atoms with E-state index in [4.69, 9.17) is 4.52 Å². The predicted octanol–water partition coefficient (Wildman–Crippen LogP) is 3.76. The molecule has 1 atom stereocenters. The van der Waals surface area contributed by atoms with E-state index in [1.807, 2.05) is 32.9 Å². The summed E-state index contributed by atoms with van der Waals surface area (Å²) in [5, 5.41) is 17.0. The first kappa shape index (κ1) is 20.3. The van der Waals surface area contributed by atoms with Crippen molar-refractivity contribution in [3.05, 3.63) is 32.6 Å². The molecule has 142 valence electrons. The minimum absolute atomic E-state index is 0.0693. The molecule has 1 unspecified atom stereocenters. The number of aliphatic hydroxyl groups is 1. The number of amides is 1. The molecule has 2 aromatic rings. The number of hydrogen-bond acceptors (Lipinski definition) is 6. The summed E-state index contributed by atoms with van der Waals surface area (Å²) in [6, 6.07) is -0.233. The molecule has 0 aromatic carbocycles. The van der Waals surface area contributed by atoms with Crippen LogP contribution in [0.25, 0.3) is 12.2 Å². The van der Waals surface area contributed by atoms with Crippen LogP contribution in [0.5, 0.6) is 0 Å². The number of aromatic nitrogens is 2. The van der Waals surface area contributed by atoms with Gasteiger partial charge in [0, 0.05) is 5.56 Å². The Morgan fingerprint density at radius 2 is 2.12 bits per heavy atom. The van der Waals surface area contributed by atoms with Gasteiger partial charge < -0.3 is 14.9 Å². The highest BCUT2D eigenvalue weighted by atomic mass is 32.1. The van der Waals surface area contributed by atoms with Gasteiger partial charge in [-0.15, -0.1) is 11.3 Å². The summed E-state index contributed by atoms with van der Waals surface area (Å²) in [6.07, 6.45) is 7.59. The monoisotopic (exact) mass is 377 g/mol. The molecule has 2 heterocycles. The van der Waals surface area contributed by atoms with Crippen molar-refractivity contribution in [3.63, 3.8) is 0 Å². The van der Waals surface area contributed by atoms with Crippen LogP contribution in [0.2, 0.25) is 0 Å². The SMILES string of the molecule is CCCCc1noc(C)c1C=Cc1nc(C)c(C(=O)NC(CC)CO)s1. The lowest BCUT2D eigenvalue weighted by atomic mass is 10.1. The molecule has 0 radical (unpaired) electrons. The molecule has 0 bridgehead atoms. The Morgan fingerprint density at radius 3 is 2.77 bits per heavy atom. The zero-order valence-corrected chi connectivity index (χ0v) is 16.7. The molecule has 0 saturated carbocycles. The van der Waals surface area contributed by atoms with Crippen molar-refractivity contribution >= 4 is 29.4 Å². The lowest BCUT2D eigenvalue weighted by Crippen LogP contribution is -2.36. The molecule has 26 heavy (non-hydrogen) atoms. The average molecular weight is 378 g/mol. The van der Waals surface area contributed by atoms with E-state index < -0.39 is 0 Å². The molecule has 2 N–H and O–H groups in total. The molecule has 2 aromatic heterocycles. The molecular weight excluding hydrogens is 350 g/mol. The van der Waals surface area contributed by atoms with Crippen LogP contribution in [0.1, 0.15) is 70.5 Å². The molecule has 0 saturated heterocycles. The maximum Gasteiger partial charge on any atom is 0.263 e. The molecule has 6 nitrogen and oxygen atoms in total. The molecule has 7 heteroatoms. The molecule has 0 aliphatic rings. The fraction of sp³-hybridized carbons (Fsp3) is 0.526. The molecule has 2 rings (SSSR count). The van der Waals surface area contributed by atoms with Crippen molar-refractivity contribution in [1.82, 2.24) is 15.5 Å². The maximum atomic E-state index is 12.4. The van der Waals surface area contributed by atoms with E-state index in [9.17, 15) is 9.90 Å². The number of unbranched alkanes of at least 4 members (excludes halogenated alkanes) is 1. The van der Waals surface area contributed by atoms with Gasteiger partial charge in [-0.05, 0) is 45.3 Å². The lowest BCUT2D eigenvalue weighted by Gasteiger charge is -2.12. The van der Waals surface area contributed by atoms with Gasteiger partial charge in [-0.2, -0.15) is 0 Å². The van der Waals surface area contributed by atoms with Gasteiger partial charge >= 0.3 is 0 Å². The zero-order valence-electron chi connectivity index (χ0n) is 15.8. The van der Waals surface area contributed by atoms with Gasteiger partial charge in [0.2, 0.25) is 0 Å². The standard InChI is InChI=1S/C19H27N3O3S/c1-5-7-8-16-15(13(4)25-22-16)9-10-17-20-12(3)18(26-17)19(24)21-14(6-2)11-23/h9-10,14,23H,5-8,11H2,1-4H3,(H,21,24). The van der Waals surface area contributed by atoms with Crippen LogP contribution in [-0.4, -0.2) is 33.8 Å². The summed E-state index contributed by atoms with van der Waals surface area (Å²) in [7, 11) is 0. The fourth-order valence-corrected chi connectivity index (χ4v) is 3.42. The van der Waals surface area contributed by atoms with Crippen LogP contribution in [0.4, 0.5) is 0 Å². The number of hydrogen-bond donors (Lipinski definition) is 2. The number of carbonyl (C=O) groups excluding carboxylic acids is 1. The smallest absolute Gasteiger partial charge is 0.263 e. The molecule has 0 aliphatic heterocycles. The highest BCUT2D eigenvalue weighted by Gasteiger charge is 2.17.